The normalized spacial score (nSPS) is 12.5. The van der Waals surface area contributed by atoms with E-state index >= 15 is 0 Å². The molecule has 2 aromatic heterocycles. The van der Waals surface area contributed by atoms with Crippen molar-refractivity contribution in [3.05, 3.63) is 53.9 Å². The van der Waals surface area contributed by atoms with Gasteiger partial charge in [-0.1, -0.05) is 25.1 Å². The van der Waals surface area contributed by atoms with Crippen molar-refractivity contribution in [2.75, 3.05) is 5.32 Å². The highest BCUT2D eigenvalue weighted by Crippen LogP contribution is 2.26. The first-order chi connectivity index (χ1) is 10.2. The van der Waals surface area contributed by atoms with Crippen molar-refractivity contribution in [2.24, 2.45) is 0 Å². The van der Waals surface area contributed by atoms with Gasteiger partial charge in [0, 0.05) is 23.4 Å². The van der Waals surface area contributed by atoms with Gasteiger partial charge in [0.1, 0.15) is 11.6 Å². The van der Waals surface area contributed by atoms with Gasteiger partial charge >= 0.3 is 0 Å². The van der Waals surface area contributed by atoms with E-state index < -0.39 is 0 Å². The molecule has 1 aromatic carbocycles. The highest BCUT2D eigenvalue weighted by molar-refractivity contribution is 5.51. The molecular weight excluding hydrogens is 264 g/mol. The second-order valence-corrected chi connectivity index (χ2v) is 5.01. The van der Waals surface area contributed by atoms with Gasteiger partial charge in [-0.25, -0.2) is 4.98 Å². The van der Waals surface area contributed by atoms with E-state index in [1.807, 2.05) is 37.3 Å². The first kappa shape index (κ1) is 13.4. The van der Waals surface area contributed by atoms with Crippen LogP contribution >= 0.6 is 0 Å². The Bertz CT molecular complexity index is 766. The Hall–Kier alpha value is -2.56. The van der Waals surface area contributed by atoms with Gasteiger partial charge in [-0.3, -0.25) is 0 Å². The number of hydrogen-bond acceptors (Lipinski definition) is 4. The number of hydrogen-bond donors (Lipinski definition) is 2. The Morgan fingerprint density at radius 3 is 2.86 bits per heavy atom. The average Bonchev–Trinajstić information content (AvgIpc) is 2.96. The lowest BCUT2D eigenvalue weighted by Crippen LogP contribution is -2.11. The van der Waals surface area contributed by atoms with Crippen molar-refractivity contribution in [3.8, 4) is 5.75 Å². The second kappa shape index (κ2) is 5.44. The number of nitrogens with zero attached hydrogens (tertiary/aromatic N) is 3. The van der Waals surface area contributed by atoms with Crippen molar-refractivity contribution in [3.63, 3.8) is 0 Å². The lowest BCUT2D eigenvalue weighted by molar-refractivity contribution is 0.465. The molecule has 0 aliphatic rings. The van der Waals surface area contributed by atoms with E-state index in [1.165, 1.54) is 0 Å². The first-order valence-corrected chi connectivity index (χ1v) is 7.07. The molecule has 0 saturated carbocycles. The highest BCUT2D eigenvalue weighted by atomic mass is 16.3. The van der Waals surface area contributed by atoms with Crippen molar-refractivity contribution < 1.29 is 5.11 Å². The largest absolute Gasteiger partial charge is 0.508 e. The summed E-state index contributed by atoms with van der Waals surface area (Å²) in [5.41, 5.74) is 2.68. The molecule has 0 aliphatic carbocycles. The van der Waals surface area contributed by atoms with Crippen LogP contribution in [0, 0.1) is 0 Å². The molecular formula is C16H18N4O. The van der Waals surface area contributed by atoms with Crippen LogP contribution in [0.5, 0.6) is 5.75 Å². The Kier molecular flexibility index (Phi) is 3.48. The fraction of sp³-hybridized carbons (Fsp3) is 0.250. The average molecular weight is 282 g/mol. The number of aromatic nitrogens is 3. The number of phenols is 1. The van der Waals surface area contributed by atoms with Crippen molar-refractivity contribution in [2.45, 2.75) is 26.3 Å². The number of anilines is 1. The van der Waals surface area contributed by atoms with E-state index in [-0.39, 0.29) is 6.04 Å². The number of nitrogens with one attached hydrogen (secondary N) is 1. The van der Waals surface area contributed by atoms with Gasteiger partial charge < -0.3 is 10.4 Å². The maximum absolute atomic E-state index is 9.96. The lowest BCUT2D eigenvalue weighted by atomic mass is 10.1. The Morgan fingerprint density at radius 2 is 2.10 bits per heavy atom. The molecule has 0 saturated heterocycles. The number of rotatable bonds is 4. The van der Waals surface area contributed by atoms with Crippen LogP contribution in [0.1, 0.15) is 31.1 Å². The molecule has 0 spiro atoms. The molecule has 0 amide bonds. The monoisotopic (exact) mass is 282 g/mol. The number of phenolic OH excluding ortho intramolecular Hbond substituents is 1. The van der Waals surface area contributed by atoms with E-state index in [2.05, 4.69) is 22.3 Å². The van der Waals surface area contributed by atoms with Crippen LogP contribution in [0.2, 0.25) is 0 Å². The first-order valence-electron chi connectivity index (χ1n) is 7.07. The summed E-state index contributed by atoms with van der Waals surface area (Å²) in [6.45, 7) is 4.09. The molecule has 0 unspecified atom stereocenters. The summed E-state index contributed by atoms with van der Waals surface area (Å²) in [5, 5.41) is 17.7. The molecule has 5 heteroatoms. The van der Waals surface area contributed by atoms with Crippen molar-refractivity contribution >= 4 is 11.5 Å². The molecule has 0 fully saturated rings. The number of fused-ring (bicyclic) bond motifs is 1. The fourth-order valence-corrected chi connectivity index (χ4v) is 2.40. The molecule has 5 nitrogen and oxygen atoms in total. The van der Waals surface area contributed by atoms with Gasteiger partial charge in [0.25, 0.3) is 0 Å². The number of benzene rings is 1. The Labute approximate surface area is 123 Å². The molecule has 3 rings (SSSR count). The Morgan fingerprint density at radius 1 is 1.29 bits per heavy atom. The summed E-state index contributed by atoms with van der Waals surface area (Å²) in [6.07, 6.45) is 2.60. The number of aryl methyl sites for hydroxylation is 1. The Balaban J connectivity index is 1.97. The van der Waals surface area contributed by atoms with Gasteiger partial charge in [0.05, 0.1) is 12.2 Å². The van der Waals surface area contributed by atoms with Crippen molar-refractivity contribution in [1.82, 2.24) is 14.6 Å². The third-order valence-electron chi connectivity index (χ3n) is 3.54. The minimum atomic E-state index is -0.0364. The molecule has 0 radical (unpaired) electrons. The van der Waals surface area contributed by atoms with Gasteiger partial charge in [-0.15, -0.1) is 0 Å². The van der Waals surface area contributed by atoms with Gasteiger partial charge in [0.2, 0.25) is 0 Å². The van der Waals surface area contributed by atoms with E-state index in [1.54, 1.807) is 16.8 Å². The van der Waals surface area contributed by atoms with Crippen LogP contribution in [0.4, 0.5) is 5.82 Å². The van der Waals surface area contributed by atoms with Crippen LogP contribution in [-0.4, -0.2) is 19.7 Å². The second-order valence-electron chi connectivity index (χ2n) is 5.01. The number of aromatic hydroxyl groups is 1. The van der Waals surface area contributed by atoms with E-state index in [4.69, 9.17) is 0 Å². The van der Waals surface area contributed by atoms with Gasteiger partial charge in [-0.05, 0) is 19.4 Å². The standard InChI is InChI=1S/C16H18N4O/c1-3-12-10-16(20-15(19-12)8-9-17-20)18-11(2)13-6-4-5-7-14(13)21/h4-11,18,21H,3H2,1-2H3/t11-/m1/s1. The zero-order chi connectivity index (χ0) is 14.8. The van der Waals surface area contributed by atoms with Crippen LogP contribution in [-0.2, 0) is 6.42 Å². The third kappa shape index (κ3) is 2.54. The van der Waals surface area contributed by atoms with E-state index in [9.17, 15) is 5.11 Å². The van der Waals surface area contributed by atoms with E-state index in [0.29, 0.717) is 5.75 Å². The molecule has 21 heavy (non-hydrogen) atoms. The summed E-state index contributed by atoms with van der Waals surface area (Å²) < 4.78 is 1.77. The number of para-hydroxylation sites is 1. The van der Waals surface area contributed by atoms with Gasteiger partial charge in [0.15, 0.2) is 5.65 Å². The molecule has 3 aromatic rings. The van der Waals surface area contributed by atoms with Crippen LogP contribution in [0.15, 0.2) is 42.6 Å². The van der Waals surface area contributed by atoms with Crippen LogP contribution in [0.25, 0.3) is 5.65 Å². The molecule has 108 valence electrons. The van der Waals surface area contributed by atoms with Crippen molar-refractivity contribution in [1.29, 1.82) is 0 Å². The summed E-state index contributed by atoms with van der Waals surface area (Å²) >= 11 is 0. The van der Waals surface area contributed by atoms with Gasteiger partial charge in [-0.2, -0.15) is 9.61 Å². The minimum absolute atomic E-state index is 0.0364. The quantitative estimate of drug-likeness (QED) is 0.771. The molecule has 0 bridgehead atoms. The molecule has 1 atom stereocenters. The SMILES string of the molecule is CCc1cc(N[C@H](C)c2ccccc2O)n2nccc2n1. The molecule has 0 aliphatic heterocycles. The topological polar surface area (TPSA) is 62.5 Å². The molecule has 2 heterocycles. The fourth-order valence-electron chi connectivity index (χ4n) is 2.40. The summed E-state index contributed by atoms with van der Waals surface area (Å²) in [4.78, 5) is 4.52. The zero-order valence-corrected chi connectivity index (χ0v) is 12.1. The molecule has 2 N–H and O–H groups in total. The van der Waals surface area contributed by atoms with Crippen LogP contribution < -0.4 is 5.32 Å². The predicted octanol–water partition coefficient (Wildman–Crippen LogP) is 3.17. The smallest absolute Gasteiger partial charge is 0.157 e. The van der Waals surface area contributed by atoms with E-state index in [0.717, 1.165) is 29.1 Å². The maximum Gasteiger partial charge on any atom is 0.157 e. The van der Waals surface area contributed by atoms with Crippen LogP contribution in [0.3, 0.4) is 0 Å². The zero-order valence-electron chi connectivity index (χ0n) is 12.1. The highest BCUT2D eigenvalue weighted by Gasteiger charge is 2.12. The lowest BCUT2D eigenvalue weighted by Gasteiger charge is -2.18. The summed E-state index contributed by atoms with van der Waals surface area (Å²) in [6, 6.07) is 11.2. The predicted molar refractivity (Wildman–Crippen MR) is 82.5 cm³/mol. The summed E-state index contributed by atoms with van der Waals surface area (Å²) in [7, 11) is 0. The maximum atomic E-state index is 9.96. The summed E-state index contributed by atoms with van der Waals surface area (Å²) in [5.74, 6) is 1.16. The third-order valence-corrected chi connectivity index (χ3v) is 3.54. The minimum Gasteiger partial charge on any atom is -0.508 e.